The standard InChI is InChI=1S/C20H27N3O3S2/c1-3-18(17-8-6-16(2)7-9-17)21-19(24)15-22-10-12-23(13-11-22)28(25,26)20-5-4-14-27-20/h4-9,14,18H,3,10-13,15H2,1-2H3,(H,21,24)/p+1/t18-/m0/s1. The number of aryl methyl sites for hydroxylation is 1. The van der Waals surface area contributed by atoms with Gasteiger partial charge < -0.3 is 10.2 Å². The second-order valence-electron chi connectivity index (χ2n) is 7.20. The third-order valence-electron chi connectivity index (χ3n) is 5.15. The predicted molar refractivity (Wildman–Crippen MR) is 111 cm³/mol. The minimum atomic E-state index is -3.40. The minimum absolute atomic E-state index is 0.00740. The third kappa shape index (κ3) is 5.00. The van der Waals surface area contributed by atoms with Gasteiger partial charge in [-0.3, -0.25) is 4.79 Å². The number of carbonyl (C=O) groups excluding carboxylic acids is 1. The van der Waals surface area contributed by atoms with Gasteiger partial charge in [0.05, 0.1) is 32.2 Å². The van der Waals surface area contributed by atoms with E-state index in [0.29, 0.717) is 36.9 Å². The molecule has 0 aliphatic carbocycles. The zero-order valence-corrected chi connectivity index (χ0v) is 18.0. The van der Waals surface area contributed by atoms with Crippen LogP contribution in [0.4, 0.5) is 0 Å². The SMILES string of the molecule is CC[C@H](NC(=O)C[NH+]1CCN(S(=O)(=O)c2cccs2)CC1)c1ccc(C)cc1. The van der Waals surface area contributed by atoms with Crippen LogP contribution in [-0.4, -0.2) is 51.4 Å². The van der Waals surface area contributed by atoms with Gasteiger partial charge in [0, 0.05) is 0 Å². The summed E-state index contributed by atoms with van der Waals surface area (Å²) in [5.74, 6) is 0.0111. The number of amides is 1. The average molecular weight is 423 g/mol. The first-order valence-corrected chi connectivity index (χ1v) is 11.9. The van der Waals surface area contributed by atoms with Gasteiger partial charge in [0.1, 0.15) is 4.21 Å². The van der Waals surface area contributed by atoms with Crippen molar-refractivity contribution in [2.24, 2.45) is 0 Å². The van der Waals surface area contributed by atoms with E-state index in [-0.39, 0.29) is 11.9 Å². The molecule has 0 bridgehead atoms. The fraction of sp³-hybridized carbons (Fsp3) is 0.450. The fourth-order valence-electron chi connectivity index (χ4n) is 3.45. The van der Waals surface area contributed by atoms with Crippen LogP contribution >= 0.6 is 11.3 Å². The Morgan fingerprint density at radius 2 is 1.89 bits per heavy atom. The Bertz CT molecular complexity index is 872. The zero-order valence-electron chi connectivity index (χ0n) is 16.3. The van der Waals surface area contributed by atoms with Crippen molar-refractivity contribution in [2.75, 3.05) is 32.7 Å². The topological polar surface area (TPSA) is 70.9 Å². The maximum absolute atomic E-state index is 12.6. The highest BCUT2D eigenvalue weighted by Gasteiger charge is 2.31. The van der Waals surface area contributed by atoms with Gasteiger partial charge in [0.15, 0.2) is 6.54 Å². The molecule has 0 spiro atoms. The summed E-state index contributed by atoms with van der Waals surface area (Å²) in [4.78, 5) is 13.6. The van der Waals surface area contributed by atoms with Crippen LogP contribution in [0.1, 0.15) is 30.5 Å². The molecule has 6 nitrogen and oxygen atoms in total. The number of carbonyl (C=O) groups is 1. The highest BCUT2D eigenvalue weighted by molar-refractivity contribution is 7.91. The zero-order chi connectivity index (χ0) is 20.1. The number of rotatable bonds is 7. The Balaban J connectivity index is 1.51. The lowest BCUT2D eigenvalue weighted by Crippen LogP contribution is -3.15. The number of quaternary nitrogens is 1. The van der Waals surface area contributed by atoms with E-state index in [2.05, 4.69) is 36.5 Å². The van der Waals surface area contributed by atoms with Gasteiger partial charge in [0.25, 0.3) is 15.9 Å². The van der Waals surface area contributed by atoms with Crippen LogP contribution in [0, 0.1) is 6.92 Å². The molecule has 0 unspecified atom stereocenters. The average Bonchev–Trinajstić information content (AvgIpc) is 3.23. The normalized spacial score (nSPS) is 17.4. The monoisotopic (exact) mass is 422 g/mol. The van der Waals surface area contributed by atoms with Gasteiger partial charge in [-0.25, -0.2) is 8.42 Å². The van der Waals surface area contributed by atoms with E-state index in [0.717, 1.165) is 16.9 Å². The second-order valence-corrected chi connectivity index (χ2v) is 10.3. The summed E-state index contributed by atoms with van der Waals surface area (Å²) in [7, 11) is -3.40. The number of piperazine rings is 1. The minimum Gasteiger partial charge on any atom is -0.344 e. The van der Waals surface area contributed by atoms with E-state index in [1.165, 1.54) is 21.2 Å². The molecule has 1 aromatic heterocycles. The summed E-state index contributed by atoms with van der Waals surface area (Å²) < 4.78 is 27.1. The van der Waals surface area contributed by atoms with Gasteiger partial charge in [-0.2, -0.15) is 4.31 Å². The molecular formula is C20H28N3O3S2+. The molecule has 1 aliphatic heterocycles. The van der Waals surface area contributed by atoms with E-state index in [9.17, 15) is 13.2 Å². The molecule has 28 heavy (non-hydrogen) atoms. The predicted octanol–water partition coefficient (Wildman–Crippen LogP) is 1.21. The molecule has 1 amide bonds. The Hall–Kier alpha value is -1.74. The fourth-order valence-corrected chi connectivity index (χ4v) is 6.04. The van der Waals surface area contributed by atoms with Gasteiger partial charge in [-0.15, -0.1) is 11.3 Å². The highest BCUT2D eigenvalue weighted by Crippen LogP contribution is 2.20. The first kappa shape index (κ1) is 21.0. The van der Waals surface area contributed by atoms with Gasteiger partial charge in [-0.1, -0.05) is 42.8 Å². The summed E-state index contributed by atoms with van der Waals surface area (Å²) in [5.41, 5.74) is 2.31. The molecule has 2 N–H and O–H groups in total. The number of nitrogens with zero attached hydrogens (tertiary/aromatic N) is 1. The van der Waals surface area contributed by atoms with Crippen molar-refractivity contribution in [3.8, 4) is 0 Å². The summed E-state index contributed by atoms with van der Waals surface area (Å²) in [6.07, 6.45) is 0.830. The second kappa shape index (κ2) is 9.17. The summed E-state index contributed by atoms with van der Waals surface area (Å²) in [6, 6.07) is 11.6. The Morgan fingerprint density at radius 3 is 2.46 bits per heavy atom. The van der Waals surface area contributed by atoms with Gasteiger partial charge >= 0.3 is 0 Å². The number of thiophene rings is 1. The Labute approximate surface area is 171 Å². The molecule has 152 valence electrons. The molecule has 1 saturated heterocycles. The van der Waals surface area contributed by atoms with Crippen molar-refractivity contribution < 1.29 is 18.1 Å². The van der Waals surface area contributed by atoms with Crippen LogP contribution in [0.3, 0.4) is 0 Å². The van der Waals surface area contributed by atoms with Crippen LogP contribution in [0.5, 0.6) is 0 Å². The maximum Gasteiger partial charge on any atom is 0.275 e. The highest BCUT2D eigenvalue weighted by atomic mass is 32.2. The van der Waals surface area contributed by atoms with Crippen LogP contribution in [0.15, 0.2) is 46.0 Å². The maximum atomic E-state index is 12.6. The molecule has 1 aliphatic rings. The van der Waals surface area contributed by atoms with E-state index >= 15 is 0 Å². The van der Waals surface area contributed by atoms with E-state index in [1.54, 1.807) is 17.5 Å². The smallest absolute Gasteiger partial charge is 0.275 e. The van der Waals surface area contributed by atoms with E-state index in [4.69, 9.17) is 0 Å². The summed E-state index contributed by atoms with van der Waals surface area (Å²) in [6.45, 7) is 6.64. The Morgan fingerprint density at radius 1 is 1.21 bits per heavy atom. The van der Waals surface area contributed by atoms with Crippen molar-refractivity contribution in [3.63, 3.8) is 0 Å². The van der Waals surface area contributed by atoms with E-state index in [1.807, 2.05) is 6.92 Å². The van der Waals surface area contributed by atoms with E-state index < -0.39 is 10.0 Å². The van der Waals surface area contributed by atoms with Crippen LogP contribution < -0.4 is 10.2 Å². The molecule has 1 fully saturated rings. The van der Waals surface area contributed by atoms with Crippen LogP contribution in [0.2, 0.25) is 0 Å². The third-order valence-corrected chi connectivity index (χ3v) is 8.42. The summed E-state index contributed by atoms with van der Waals surface area (Å²) in [5, 5.41) is 4.90. The molecule has 2 heterocycles. The molecule has 0 radical (unpaired) electrons. The lowest BCUT2D eigenvalue weighted by atomic mass is 10.0. The molecule has 0 saturated carbocycles. The molecule has 8 heteroatoms. The molecular weight excluding hydrogens is 394 g/mol. The van der Waals surface area contributed by atoms with Crippen molar-refractivity contribution >= 4 is 27.3 Å². The number of nitrogens with one attached hydrogen (secondary N) is 2. The molecule has 1 atom stereocenters. The van der Waals surface area contributed by atoms with Crippen molar-refractivity contribution in [2.45, 2.75) is 30.5 Å². The quantitative estimate of drug-likeness (QED) is 0.705. The molecule has 1 aromatic carbocycles. The largest absolute Gasteiger partial charge is 0.344 e. The van der Waals surface area contributed by atoms with Crippen molar-refractivity contribution in [1.29, 1.82) is 0 Å². The van der Waals surface area contributed by atoms with Gasteiger partial charge in [0.2, 0.25) is 0 Å². The number of hydrogen-bond acceptors (Lipinski definition) is 4. The van der Waals surface area contributed by atoms with Crippen molar-refractivity contribution in [3.05, 3.63) is 52.9 Å². The lowest BCUT2D eigenvalue weighted by molar-refractivity contribution is -0.895. The van der Waals surface area contributed by atoms with Gasteiger partial charge in [-0.05, 0) is 30.4 Å². The van der Waals surface area contributed by atoms with Crippen LogP contribution in [-0.2, 0) is 14.8 Å². The number of hydrogen-bond donors (Lipinski definition) is 2. The Kier molecular flexibility index (Phi) is 6.87. The first-order chi connectivity index (χ1) is 13.4. The number of benzene rings is 1. The van der Waals surface area contributed by atoms with Crippen molar-refractivity contribution in [1.82, 2.24) is 9.62 Å². The molecule has 3 rings (SSSR count). The van der Waals surface area contributed by atoms with Crippen LogP contribution in [0.25, 0.3) is 0 Å². The number of sulfonamides is 1. The first-order valence-electron chi connectivity index (χ1n) is 9.63. The summed E-state index contributed by atoms with van der Waals surface area (Å²) >= 11 is 1.24. The lowest BCUT2D eigenvalue weighted by Gasteiger charge is -2.31. The molecule has 2 aromatic rings.